The van der Waals surface area contributed by atoms with E-state index in [1.165, 1.54) is 0 Å². The Morgan fingerprint density at radius 2 is 2.40 bits per heavy atom. The Labute approximate surface area is 92.4 Å². The molecule has 82 valence electrons. The highest BCUT2D eigenvalue weighted by molar-refractivity contribution is 6.61. The van der Waals surface area contributed by atoms with Crippen molar-refractivity contribution >= 4 is 17.0 Å². The van der Waals surface area contributed by atoms with Gasteiger partial charge in [0.15, 0.2) is 0 Å². The average Bonchev–Trinajstić information content (AvgIpc) is 2.13. The quantitative estimate of drug-likeness (QED) is 0.314. The molecule has 0 amide bonds. The van der Waals surface area contributed by atoms with E-state index >= 15 is 0 Å². The van der Waals surface area contributed by atoms with Crippen LogP contribution in [0.2, 0.25) is 0 Å². The minimum atomic E-state index is -0.968. The molecule has 0 aromatic heterocycles. The van der Waals surface area contributed by atoms with Gasteiger partial charge < -0.3 is 4.74 Å². The fourth-order valence-corrected chi connectivity index (χ4v) is 1.10. The third-order valence-corrected chi connectivity index (χ3v) is 2.01. The Morgan fingerprint density at radius 1 is 1.80 bits per heavy atom. The summed E-state index contributed by atoms with van der Waals surface area (Å²) in [6, 6.07) is 1.89. The molecule has 0 N–H and O–H groups in total. The summed E-state index contributed by atoms with van der Waals surface area (Å²) >= 11 is 5.07. The Balaban J connectivity index is 4.64. The highest BCUT2D eigenvalue weighted by Crippen LogP contribution is 2.27. The largest absolute Gasteiger partial charge is 0.449 e. The van der Waals surface area contributed by atoms with Gasteiger partial charge >= 0.3 is 5.43 Å². The van der Waals surface area contributed by atoms with Crippen LogP contribution in [0.3, 0.4) is 0 Å². The number of azide groups is 1. The van der Waals surface area contributed by atoms with Crippen LogP contribution >= 0.6 is 11.6 Å². The van der Waals surface area contributed by atoms with Gasteiger partial charge in [-0.25, -0.2) is 4.79 Å². The van der Waals surface area contributed by atoms with E-state index in [1.807, 2.05) is 6.07 Å². The van der Waals surface area contributed by atoms with E-state index in [-0.39, 0.29) is 13.0 Å². The predicted octanol–water partition coefficient (Wildman–Crippen LogP) is 2.98. The number of carbonyl (C=O) groups excluding carboxylic acids is 1. The number of nitrogens with zero attached hydrogens (tertiary/aromatic N) is 4. The van der Waals surface area contributed by atoms with Crippen molar-refractivity contribution in [3.8, 4) is 6.07 Å². The van der Waals surface area contributed by atoms with Crippen molar-refractivity contribution in [2.45, 2.75) is 26.4 Å². The van der Waals surface area contributed by atoms with E-state index in [9.17, 15) is 4.79 Å². The molecule has 6 nitrogen and oxygen atoms in total. The average molecular weight is 231 g/mol. The van der Waals surface area contributed by atoms with Crippen LogP contribution in [0.4, 0.5) is 4.79 Å². The first-order valence-electron chi connectivity index (χ1n) is 4.18. The van der Waals surface area contributed by atoms with Gasteiger partial charge in [0.1, 0.15) is 6.10 Å². The third kappa shape index (κ3) is 5.11. The topological polar surface area (TPSA) is 98.9 Å². The Bertz CT molecular complexity index is 317. The van der Waals surface area contributed by atoms with Crippen molar-refractivity contribution in [1.82, 2.24) is 0 Å². The summed E-state index contributed by atoms with van der Waals surface area (Å²) in [5.74, 6) is 0. The van der Waals surface area contributed by atoms with Gasteiger partial charge in [-0.1, -0.05) is 19.0 Å². The molecule has 0 heterocycles. The molecule has 0 aliphatic heterocycles. The summed E-state index contributed by atoms with van der Waals surface area (Å²) in [5.41, 5.74) is 6.60. The minimum absolute atomic E-state index is 0.00636. The van der Waals surface area contributed by atoms with Gasteiger partial charge in [0.2, 0.25) is 0 Å². The number of ether oxygens (including phenoxy) is 1. The van der Waals surface area contributed by atoms with Crippen LogP contribution in [0.25, 0.3) is 10.4 Å². The van der Waals surface area contributed by atoms with Gasteiger partial charge in [0, 0.05) is 28.5 Å². The molecule has 0 aromatic rings. The van der Waals surface area contributed by atoms with Crippen molar-refractivity contribution in [2.75, 3.05) is 6.54 Å². The van der Waals surface area contributed by atoms with Crippen molar-refractivity contribution in [1.29, 1.82) is 5.26 Å². The number of hydrogen-bond acceptors (Lipinski definition) is 4. The van der Waals surface area contributed by atoms with Crippen LogP contribution in [-0.2, 0) is 4.74 Å². The molecule has 0 saturated carbocycles. The van der Waals surface area contributed by atoms with Crippen molar-refractivity contribution in [2.24, 2.45) is 10.5 Å². The molecule has 1 atom stereocenters. The molecule has 1 unspecified atom stereocenters. The first-order chi connectivity index (χ1) is 6.94. The zero-order valence-corrected chi connectivity index (χ0v) is 9.23. The van der Waals surface area contributed by atoms with Crippen LogP contribution in [0, 0.1) is 16.7 Å². The molecule has 0 aromatic carbocycles. The number of nitriles is 1. The van der Waals surface area contributed by atoms with Crippen LogP contribution in [0.5, 0.6) is 0 Å². The van der Waals surface area contributed by atoms with Gasteiger partial charge in [-0.05, 0) is 5.53 Å². The van der Waals surface area contributed by atoms with Gasteiger partial charge in [-0.2, -0.15) is 5.26 Å². The molecular formula is C8H11ClN4O2. The molecule has 0 saturated heterocycles. The normalized spacial score (nSPS) is 12.1. The molecule has 0 bridgehead atoms. The fraction of sp³-hybridized carbons (Fsp3) is 0.750. The predicted molar refractivity (Wildman–Crippen MR) is 54.1 cm³/mol. The van der Waals surface area contributed by atoms with Gasteiger partial charge in [0.25, 0.3) is 0 Å². The van der Waals surface area contributed by atoms with E-state index in [2.05, 4.69) is 10.0 Å². The zero-order valence-electron chi connectivity index (χ0n) is 8.47. The van der Waals surface area contributed by atoms with E-state index in [0.29, 0.717) is 0 Å². The lowest BCUT2D eigenvalue weighted by molar-refractivity contribution is 0.0448. The number of hydrogen-bond donors (Lipinski definition) is 0. The second-order valence-corrected chi connectivity index (χ2v) is 3.89. The summed E-state index contributed by atoms with van der Waals surface area (Å²) in [4.78, 5) is 13.2. The van der Waals surface area contributed by atoms with Gasteiger partial charge in [-0.3, -0.25) is 0 Å². The summed E-state index contributed by atoms with van der Waals surface area (Å²) in [6.45, 7) is 3.58. The smallest absolute Gasteiger partial charge is 0.404 e. The van der Waals surface area contributed by atoms with Crippen LogP contribution in [0.1, 0.15) is 20.3 Å². The van der Waals surface area contributed by atoms with Crippen LogP contribution in [-0.4, -0.2) is 18.1 Å². The van der Waals surface area contributed by atoms with E-state index in [4.69, 9.17) is 27.1 Å². The molecule has 0 spiro atoms. The molecule has 0 aliphatic rings. The van der Waals surface area contributed by atoms with E-state index in [1.54, 1.807) is 13.8 Å². The SMILES string of the molecule is CC(C)(CN=[N+]=[N-])C(CC#N)OC(=O)Cl. The first kappa shape index (κ1) is 13.6. The number of carbonyl (C=O) groups is 1. The maximum Gasteiger partial charge on any atom is 0.404 e. The summed E-state index contributed by atoms with van der Waals surface area (Å²) in [5, 5.41) is 11.9. The summed E-state index contributed by atoms with van der Waals surface area (Å²) < 4.78 is 4.77. The Kier molecular flexibility index (Phi) is 5.53. The Hall–Kier alpha value is -1.44. The number of rotatable bonds is 5. The molecule has 0 fully saturated rings. The lowest BCUT2D eigenvalue weighted by Gasteiger charge is -2.30. The fourth-order valence-electron chi connectivity index (χ4n) is 0.988. The monoisotopic (exact) mass is 230 g/mol. The summed E-state index contributed by atoms with van der Waals surface area (Å²) in [6.07, 6.45) is -0.676. The van der Waals surface area contributed by atoms with E-state index in [0.717, 1.165) is 0 Å². The highest BCUT2D eigenvalue weighted by atomic mass is 35.5. The van der Waals surface area contributed by atoms with E-state index < -0.39 is 16.9 Å². The highest BCUT2D eigenvalue weighted by Gasteiger charge is 2.31. The Morgan fingerprint density at radius 3 is 2.80 bits per heavy atom. The second-order valence-electron chi connectivity index (χ2n) is 3.58. The third-order valence-electron chi connectivity index (χ3n) is 1.92. The maximum absolute atomic E-state index is 10.6. The standard InChI is InChI=1S/C8H11ClN4O2/c1-8(2,5-12-13-11)6(3-4-10)15-7(9)14/h6H,3,5H2,1-2H3. The molecule has 15 heavy (non-hydrogen) atoms. The number of halogens is 1. The van der Waals surface area contributed by atoms with Crippen molar-refractivity contribution in [3.05, 3.63) is 10.4 Å². The van der Waals surface area contributed by atoms with Gasteiger partial charge in [-0.15, -0.1) is 0 Å². The maximum atomic E-state index is 10.6. The molecule has 7 heteroatoms. The molecule has 0 aliphatic carbocycles. The van der Waals surface area contributed by atoms with Crippen LogP contribution in [0.15, 0.2) is 5.11 Å². The van der Waals surface area contributed by atoms with Crippen molar-refractivity contribution in [3.63, 3.8) is 0 Å². The minimum Gasteiger partial charge on any atom is -0.449 e. The van der Waals surface area contributed by atoms with Crippen LogP contribution < -0.4 is 0 Å². The van der Waals surface area contributed by atoms with Crippen molar-refractivity contribution < 1.29 is 9.53 Å². The molecular weight excluding hydrogens is 220 g/mol. The van der Waals surface area contributed by atoms with Gasteiger partial charge in [0.05, 0.1) is 12.5 Å². The lowest BCUT2D eigenvalue weighted by Crippen LogP contribution is -2.35. The first-order valence-corrected chi connectivity index (χ1v) is 4.55. The zero-order chi connectivity index (χ0) is 11.9. The second kappa shape index (κ2) is 6.12. The lowest BCUT2D eigenvalue weighted by atomic mass is 9.85. The molecule has 0 rings (SSSR count). The molecule has 0 radical (unpaired) electrons. The summed E-state index contributed by atoms with van der Waals surface area (Å²) in [7, 11) is 0.